The second kappa shape index (κ2) is 7.05. The number of nitrogens with one attached hydrogen (secondary N) is 1. The van der Waals surface area contributed by atoms with Gasteiger partial charge in [-0.2, -0.15) is 5.26 Å². The van der Waals surface area contributed by atoms with E-state index in [9.17, 15) is 9.59 Å². The van der Waals surface area contributed by atoms with Crippen LogP contribution in [0.3, 0.4) is 0 Å². The van der Waals surface area contributed by atoms with Gasteiger partial charge < -0.3 is 15.1 Å². The summed E-state index contributed by atoms with van der Waals surface area (Å²) in [5.74, 6) is -0.580. The fourth-order valence-electron chi connectivity index (χ4n) is 2.47. The van der Waals surface area contributed by atoms with E-state index in [1.165, 1.54) is 4.90 Å². The van der Waals surface area contributed by atoms with E-state index in [2.05, 4.69) is 11.4 Å². The second-order valence-electron chi connectivity index (χ2n) is 5.63. The fraction of sp³-hybridized carbons (Fsp3) is 0.438. The highest BCUT2D eigenvalue weighted by atomic mass is 16.2. The summed E-state index contributed by atoms with van der Waals surface area (Å²) in [6.45, 7) is 1.64. The summed E-state index contributed by atoms with van der Waals surface area (Å²) in [5.41, 5.74) is 1.03. The number of nitriles is 1. The normalized spacial score (nSPS) is 17.6. The van der Waals surface area contributed by atoms with Gasteiger partial charge >= 0.3 is 0 Å². The zero-order valence-electron chi connectivity index (χ0n) is 12.9. The molecule has 116 valence electrons. The maximum absolute atomic E-state index is 12.2. The van der Waals surface area contributed by atoms with E-state index in [1.807, 2.05) is 19.0 Å². The van der Waals surface area contributed by atoms with Crippen LogP contribution in [-0.2, 0) is 9.59 Å². The smallest absolute Gasteiger partial charge is 0.227 e. The number of benzene rings is 1. The highest BCUT2D eigenvalue weighted by Crippen LogP contribution is 2.27. The molecule has 1 N–H and O–H groups in total. The summed E-state index contributed by atoms with van der Waals surface area (Å²) in [7, 11) is 3.87. The van der Waals surface area contributed by atoms with E-state index in [4.69, 9.17) is 5.26 Å². The zero-order chi connectivity index (χ0) is 16.1. The van der Waals surface area contributed by atoms with Crippen molar-refractivity contribution in [2.75, 3.05) is 38.6 Å². The molecule has 0 spiro atoms. The number of likely N-dealkylation sites (N-methyl/N-ethyl adjacent to an activating group) is 1. The predicted octanol–water partition coefficient (Wildman–Crippen LogP) is 0.589. The Labute approximate surface area is 130 Å². The number of hydrogen-bond acceptors (Lipinski definition) is 4. The molecule has 1 fully saturated rings. The van der Waals surface area contributed by atoms with Crippen LogP contribution in [0.5, 0.6) is 0 Å². The van der Waals surface area contributed by atoms with Gasteiger partial charge in [-0.1, -0.05) is 12.1 Å². The SMILES string of the molecule is CN(C)CCNC(=O)C1CC(=O)N(c2ccccc2C#N)C1. The molecular weight excluding hydrogens is 280 g/mol. The van der Waals surface area contributed by atoms with E-state index < -0.39 is 0 Å². The van der Waals surface area contributed by atoms with Crippen molar-refractivity contribution in [3.8, 4) is 6.07 Å². The van der Waals surface area contributed by atoms with Crippen molar-refractivity contribution in [2.45, 2.75) is 6.42 Å². The number of hydrogen-bond donors (Lipinski definition) is 1. The van der Waals surface area contributed by atoms with Crippen molar-refractivity contribution in [2.24, 2.45) is 5.92 Å². The number of anilines is 1. The van der Waals surface area contributed by atoms with Crippen LogP contribution < -0.4 is 10.2 Å². The minimum absolute atomic E-state index is 0.105. The molecule has 2 rings (SSSR count). The van der Waals surface area contributed by atoms with Gasteiger partial charge in [0, 0.05) is 26.1 Å². The average molecular weight is 300 g/mol. The summed E-state index contributed by atoms with van der Waals surface area (Å²) >= 11 is 0. The van der Waals surface area contributed by atoms with Crippen molar-refractivity contribution >= 4 is 17.5 Å². The molecule has 6 nitrogen and oxygen atoms in total. The monoisotopic (exact) mass is 300 g/mol. The van der Waals surface area contributed by atoms with Gasteiger partial charge in [0.1, 0.15) is 6.07 Å². The molecule has 1 atom stereocenters. The largest absolute Gasteiger partial charge is 0.355 e. The Kier molecular flexibility index (Phi) is 5.12. The van der Waals surface area contributed by atoms with Gasteiger partial charge in [-0.05, 0) is 26.2 Å². The van der Waals surface area contributed by atoms with E-state index in [0.717, 1.165) is 6.54 Å². The van der Waals surface area contributed by atoms with Gasteiger partial charge in [0.05, 0.1) is 17.2 Å². The van der Waals surface area contributed by atoms with E-state index >= 15 is 0 Å². The molecule has 1 aliphatic heterocycles. The van der Waals surface area contributed by atoms with Gasteiger partial charge in [-0.3, -0.25) is 9.59 Å². The molecule has 0 radical (unpaired) electrons. The van der Waals surface area contributed by atoms with E-state index in [0.29, 0.717) is 24.3 Å². The number of nitrogens with zero attached hydrogens (tertiary/aromatic N) is 3. The first-order valence-corrected chi connectivity index (χ1v) is 7.25. The minimum Gasteiger partial charge on any atom is -0.355 e. The summed E-state index contributed by atoms with van der Waals surface area (Å²) in [6.07, 6.45) is 0.188. The van der Waals surface area contributed by atoms with Crippen molar-refractivity contribution in [1.29, 1.82) is 5.26 Å². The number of amides is 2. The zero-order valence-corrected chi connectivity index (χ0v) is 12.9. The van der Waals surface area contributed by atoms with E-state index in [1.54, 1.807) is 24.3 Å². The second-order valence-corrected chi connectivity index (χ2v) is 5.63. The molecule has 0 aliphatic carbocycles. The Morgan fingerprint density at radius 3 is 2.86 bits per heavy atom. The summed E-state index contributed by atoms with van der Waals surface area (Å²) in [6, 6.07) is 9.04. The summed E-state index contributed by atoms with van der Waals surface area (Å²) in [5, 5.41) is 12.0. The lowest BCUT2D eigenvalue weighted by atomic mass is 10.1. The van der Waals surface area contributed by atoms with Gasteiger partial charge in [0.15, 0.2) is 0 Å². The van der Waals surface area contributed by atoms with Crippen LogP contribution >= 0.6 is 0 Å². The maximum atomic E-state index is 12.2. The summed E-state index contributed by atoms with van der Waals surface area (Å²) in [4.78, 5) is 27.8. The Balaban J connectivity index is 2.02. The Hall–Kier alpha value is -2.39. The van der Waals surface area contributed by atoms with Crippen molar-refractivity contribution in [3.63, 3.8) is 0 Å². The number of para-hydroxylation sites is 1. The lowest BCUT2D eigenvalue weighted by Crippen LogP contribution is -2.36. The Morgan fingerprint density at radius 2 is 2.18 bits per heavy atom. The first-order chi connectivity index (χ1) is 10.5. The highest BCUT2D eigenvalue weighted by molar-refractivity contribution is 6.01. The number of carbonyl (C=O) groups excluding carboxylic acids is 2. The molecule has 1 aliphatic rings. The highest BCUT2D eigenvalue weighted by Gasteiger charge is 2.35. The molecule has 2 amide bonds. The van der Waals surface area contributed by atoms with Crippen LogP contribution in [0, 0.1) is 17.2 Å². The molecule has 1 heterocycles. The molecule has 1 saturated heterocycles. The van der Waals surface area contributed by atoms with Crippen LogP contribution in [-0.4, -0.2) is 50.4 Å². The molecular formula is C16H20N4O2. The standard InChI is InChI=1S/C16H20N4O2/c1-19(2)8-7-18-16(22)13-9-15(21)20(11-13)14-6-4-3-5-12(14)10-17/h3-6,13H,7-9,11H2,1-2H3,(H,18,22). The molecule has 6 heteroatoms. The number of carbonyl (C=O) groups is 2. The van der Waals surface area contributed by atoms with Gasteiger partial charge in [0.2, 0.25) is 11.8 Å². The lowest BCUT2D eigenvalue weighted by molar-refractivity contribution is -0.126. The first kappa shape index (κ1) is 16.0. The first-order valence-electron chi connectivity index (χ1n) is 7.25. The van der Waals surface area contributed by atoms with Crippen LogP contribution in [0.25, 0.3) is 0 Å². The van der Waals surface area contributed by atoms with Crippen LogP contribution in [0.15, 0.2) is 24.3 Å². The van der Waals surface area contributed by atoms with Gasteiger partial charge in [-0.15, -0.1) is 0 Å². The molecule has 0 saturated carbocycles. The van der Waals surface area contributed by atoms with Crippen molar-refractivity contribution in [3.05, 3.63) is 29.8 Å². The van der Waals surface area contributed by atoms with Gasteiger partial charge in [-0.25, -0.2) is 0 Å². The quantitative estimate of drug-likeness (QED) is 0.863. The third kappa shape index (κ3) is 3.62. The Morgan fingerprint density at radius 1 is 1.45 bits per heavy atom. The topological polar surface area (TPSA) is 76.4 Å². The molecule has 0 bridgehead atoms. The predicted molar refractivity (Wildman–Crippen MR) is 83.2 cm³/mol. The maximum Gasteiger partial charge on any atom is 0.227 e. The third-order valence-electron chi connectivity index (χ3n) is 3.67. The molecule has 1 aromatic carbocycles. The fourth-order valence-corrected chi connectivity index (χ4v) is 2.47. The molecule has 0 aromatic heterocycles. The lowest BCUT2D eigenvalue weighted by Gasteiger charge is -2.18. The van der Waals surface area contributed by atoms with Crippen molar-refractivity contribution in [1.82, 2.24) is 10.2 Å². The van der Waals surface area contributed by atoms with Crippen LogP contribution in [0.2, 0.25) is 0 Å². The molecule has 1 unspecified atom stereocenters. The third-order valence-corrected chi connectivity index (χ3v) is 3.67. The van der Waals surface area contributed by atoms with Gasteiger partial charge in [0.25, 0.3) is 0 Å². The van der Waals surface area contributed by atoms with Crippen LogP contribution in [0.4, 0.5) is 5.69 Å². The number of rotatable bonds is 5. The summed E-state index contributed by atoms with van der Waals surface area (Å²) < 4.78 is 0. The van der Waals surface area contributed by atoms with E-state index in [-0.39, 0.29) is 24.2 Å². The minimum atomic E-state index is -0.360. The van der Waals surface area contributed by atoms with Crippen molar-refractivity contribution < 1.29 is 9.59 Å². The molecule has 1 aromatic rings. The Bertz CT molecular complexity index is 606. The average Bonchev–Trinajstić information content (AvgIpc) is 2.88. The van der Waals surface area contributed by atoms with Crippen LogP contribution in [0.1, 0.15) is 12.0 Å². The molecule has 22 heavy (non-hydrogen) atoms.